The van der Waals surface area contributed by atoms with Crippen molar-refractivity contribution >= 4 is 29.8 Å². The van der Waals surface area contributed by atoms with Crippen molar-refractivity contribution in [3.63, 3.8) is 0 Å². The van der Waals surface area contributed by atoms with E-state index in [0.29, 0.717) is 6.61 Å². The number of rotatable bonds is 4. The zero-order valence-corrected chi connectivity index (χ0v) is 6.21. The fourth-order valence-electron chi connectivity index (χ4n) is 0.539. The molecule has 0 aliphatic carbocycles. The molecule has 0 heterocycles. The van der Waals surface area contributed by atoms with E-state index in [1.807, 2.05) is 0 Å². The minimum atomic E-state index is 0. The maximum atomic E-state index is 8.29. The summed E-state index contributed by atoms with van der Waals surface area (Å²) in [4.78, 5) is 0. The number of hydrogen-bond acceptors (Lipinski definition) is 1. The monoisotopic (exact) mass is 168 g/mol. The zero-order valence-electron chi connectivity index (χ0n) is 5.39. The molecule has 0 aromatic carbocycles. The molecule has 0 radical (unpaired) electrons. The lowest BCUT2D eigenvalue weighted by molar-refractivity contribution is 0.283. The number of halogens is 1. The number of aliphatic hydroxyl groups excluding tert-OH is 1. The first-order chi connectivity index (χ1) is 3.41. The van der Waals surface area contributed by atoms with Gasteiger partial charge in [-0.15, -0.1) is 12.4 Å². The SMILES string of the molecule is CCCCCCO.Cl.[AlH3]. The summed E-state index contributed by atoms with van der Waals surface area (Å²) in [5, 5.41) is 8.29. The van der Waals surface area contributed by atoms with Crippen LogP contribution in [0.15, 0.2) is 0 Å². The molecule has 0 aliphatic heterocycles. The molecular formula is C6H18AlClO. The standard InChI is InChI=1S/C6H14O.Al.ClH.3H/c1-2-3-4-5-6-7;;;;;/h7H,2-6H2,1H3;;1H;;;. The summed E-state index contributed by atoms with van der Waals surface area (Å²) in [5.41, 5.74) is 0. The van der Waals surface area contributed by atoms with E-state index in [9.17, 15) is 0 Å². The second-order valence-electron chi connectivity index (χ2n) is 1.78. The van der Waals surface area contributed by atoms with Gasteiger partial charge in [0, 0.05) is 6.61 Å². The summed E-state index contributed by atoms with van der Waals surface area (Å²) in [6.07, 6.45) is 4.68. The topological polar surface area (TPSA) is 20.2 Å². The fourth-order valence-corrected chi connectivity index (χ4v) is 0.539. The van der Waals surface area contributed by atoms with Crippen LogP contribution in [0.2, 0.25) is 0 Å². The number of aliphatic hydroxyl groups is 1. The predicted octanol–water partition coefficient (Wildman–Crippen LogP) is 0.797. The molecule has 0 spiro atoms. The highest BCUT2D eigenvalue weighted by Gasteiger charge is 1.80. The molecule has 0 amide bonds. The summed E-state index contributed by atoms with van der Waals surface area (Å²) in [5.74, 6) is 0. The maximum Gasteiger partial charge on any atom is 0.187 e. The average molecular weight is 169 g/mol. The highest BCUT2D eigenvalue weighted by molar-refractivity contribution is 5.85. The third-order valence-electron chi connectivity index (χ3n) is 1.01. The molecule has 0 fully saturated rings. The Kier molecular flexibility index (Phi) is 29.0. The summed E-state index contributed by atoms with van der Waals surface area (Å²) in [7, 11) is 0. The molecular weight excluding hydrogens is 150 g/mol. The van der Waals surface area contributed by atoms with Gasteiger partial charge in [0.15, 0.2) is 17.4 Å². The lowest BCUT2D eigenvalue weighted by atomic mass is 10.2. The molecule has 0 saturated carbocycles. The lowest BCUT2D eigenvalue weighted by Gasteiger charge is -1.90. The van der Waals surface area contributed by atoms with Crippen molar-refractivity contribution in [2.75, 3.05) is 6.61 Å². The molecule has 0 bridgehead atoms. The Labute approximate surface area is 74.4 Å². The van der Waals surface area contributed by atoms with Crippen LogP contribution in [0.3, 0.4) is 0 Å². The van der Waals surface area contributed by atoms with Crippen LogP contribution in [0.4, 0.5) is 0 Å². The van der Waals surface area contributed by atoms with Crippen LogP contribution >= 0.6 is 12.4 Å². The Morgan fingerprint density at radius 2 is 1.67 bits per heavy atom. The minimum absolute atomic E-state index is 0. The van der Waals surface area contributed by atoms with Crippen LogP contribution in [-0.2, 0) is 0 Å². The highest BCUT2D eigenvalue weighted by atomic mass is 35.5. The number of hydrogen-bond donors (Lipinski definition) is 1. The Morgan fingerprint density at radius 3 is 2.00 bits per heavy atom. The lowest BCUT2D eigenvalue weighted by Crippen LogP contribution is -1.80. The smallest absolute Gasteiger partial charge is 0.187 e. The van der Waals surface area contributed by atoms with E-state index >= 15 is 0 Å². The van der Waals surface area contributed by atoms with Crippen molar-refractivity contribution in [1.29, 1.82) is 0 Å². The van der Waals surface area contributed by atoms with Crippen LogP contribution in [-0.4, -0.2) is 29.1 Å². The quantitative estimate of drug-likeness (QED) is 0.487. The van der Waals surface area contributed by atoms with Gasteiger partial charge in [-0.1, -0.05) is 26.2 Å². The zero-order chi connectivity index (χ0) is 5.54. The van der Waals surface area contributed by atoms with Gasteiger partial charge in [0.1, 0.15) is 0 Å². The average Bonchev–Trinajstić information content (AvgIpc) is 1.69. The first kappa shape index (κ1) is 16.4. The van der Waals surface area contributed by atoms with E-state index in [0.717, 1.165) is 6.42 Å². The van der Waals surface area contributed by atoms with Crippen molar-refractivity contribution in [1.82, 2.24) is 0 Å². The van der Waals surface area contributed by atoms with Gasteiger partial charge in [-0.05, 0) is 6.42 Å². The van der Waals surface area contributed by atoms with Crippen molar-refractivity contribution in [2.24, 2.45) is 0 Å². The van der Waals surface area contributed by atoms with Crippen molar-refractivity contribution in [2.45, 2.75) is 32.6 Å². The van der Waals surface area contributed by atoms with Gasteiger partial charge in [0.25, 0.3) is 0 Å². The molecule has 1 nitrogen and oxygen atoms in total. The van der Waals surface area contributed by atoms with Gasteiger partial charge >= 0.3 is 0 Å². The second-order valence-corrected chi connectivity index (χ2v) is 1.78. The van der Waals surface area contributed by atoms with Crippen LogP contribution in [0, 0.1) is 0 Å². The van der Waals surface area contributed by atoms with Gasteiger partial charge in [0.2, 0.25) is 0 Å². The molecule has 58 valence electrons. The molecule has 3 heteroatoms. The van der Waals surface area contributed by atoms with Crippen LogP contribution in [0.25, 0.3) is 0 Å². The Hall–Kier alpha value is 0.782. The molecule has 0 aliphatic rings. The third-order valence-corrected chi connectivity index (χ3v) is 1.01. The highest BCUT2D eigenvalue weighted by Crippen LogP contribution is 1.95. The van der Waals surface area contributed by atoms with Gasteiger partial charge in [-0.3, -0.25) is 0 Å². The summed E-state index contributed by atoms with van der Waals surface area (Å²) in [6.45, 7) is 2.53. The molecule has 9 heavy (non-hydrogen) atoms. The van der Waals surface area contributed by atoms with E-state index in [-0.39, 0.29) is 29.8 Å². The van der Waals surface area contributed by atoms with Gasteiger partial charge in [-0.2, -0.15) is 0 Å². The van der Waals surface area contributed by atoms with Gasteiger partial charge < -0.3 is 5.11 Å². The molecule has 0 aromatic heterocycles. The summed E-state index contributed by atoms with van der Waals surface area (Å²) < 4.78 is 0. The fraction of sp³-hybridized carbons (Fsp3) is 1.00. The van der Waals surface area contributed by atoms with Crippen LogP contribution < -0.4 is 0 Å². The van der Waals surface area contributed by atoms with E-state index in [2.05, 4.69) is 6.92 Å². The molecule has 0 saturated heterocycles. The first-order valence-corrected chi connectivity index (χ1v) is 3.02. The molecule has 0 rings (SSSR count). The van der Waals surface area contributed by atoms with Crippen molar-refractivity contribution in [3.8, 4) is 0 Å². The summed E-state index contributed by atoms with van der Waals surface area (Å²) in [6, 6.07) is 0. The Morgan fingerprint density at radius 1 is 1.11 bits per heavy atom. The van der Waals surface area contributed by atoms with E-state index in [1.54, 1.807) is 0 Å². The van der Waals surface area contributed by atoms with Crippen LogP contribution in [0.5, 0.6) is 0 Å². The second kappa shape index (κ2) is 15.9. The molecule has 0 atom stereocenters. The molecule has 1 N–H and O–H groups in total. The van der Waals surface area contributed by atoms with Crippen molar-refractivity contribution in [3.05, 3.63) is 0 Å². The van der Waals surface area contributed by atoms with Crippen LogP contribution in [0.1, 0.15) is 32.6 Å². The van der Waals surface area contributed by atoms with E-state index in [4.69, 9.17) is 5.11 Å². The first-order valence-electron chi connectivity index (χ1n) is 3.02. The maximum absolute atomic E-state index is 8.29. The normalized spacial score (nSPS) is 7.33. The predicted molar refractivity (Wildman–Crippen MR) is 48.4 cm³/mol. The number of unbranched alkanes of at least 4 members (excludes halogenated alkanes) is 3. The molecule has 0 aromatic rings. The Balaban J connectivity index is -0.000000180. The van der Waals surface area contributed by atoms with Crippen molar-refractivity contribution < 1.29 is 5.11 Å². The minimum Gasteiger partial charge on any atom is -0.396 e. The van der Waals surface area contributed by atoms with Gasteiger partial charge in [0.05, 0.1) is 0 Å². The third kappa shape index (κ3) is 17.7. The molecule has 0 unspecified atom stereocenters. The van der Waals surface area contributed by atoms with E-state index in [1.165, 1.54) is 19.3 Å². The van der Waals surface area contributed by atoms with E-state index < -0.39 is 0 Å². The summed E-state index contributed by atoms with van der Waals surface area (Å²) >= 11 is 0. The Bertz CT molecular complexity index is 32.2. The van der Waals surface area contributed by atoms with Gasteiger partial charge in [-0.25, -0.2) is 0 Å². The largest absolute Gasteiger partial charge is 0.396 e.